The number of halogens is 1. The molecule has 16 heavy (non-hydrogen) atoms. The van der Waals surface area contributed by atoms with Crippen LogP contribution >= 0.6 is 27.3 Å². The Bertz CT molecular complexity index is 370. The van der Waals surface area contributed by atoms with E-state index in [1.54, 1.807) is 23.3 Å². The van der Waals surface area contributed by atoms with Crippen molar-refractivity contribution in [2.75, 3.05) is 7.05 Å². The van der Waals surface area contributed by atoms with E-state index < -0.39 is 0 Å². The second-order valence-electron chi connectivity index (χ2n) is 4.52. The lowest BCUT2D eigenvalue weighted by Gasteiger charge is -2.30. The Morgan fingerprint density at radius 2 is 2.19 bits per heavy atom. The molecule has 0 N–H and O–H groups in total. The van der Waals surface area contributed by atoms with E-state index in [1.165, 1.54) is 0 Å². The fourth-order valence-electron chi connectivity index (χ4n) is 0.933. The summed E-state index contributed by atoms with van der Waals surface area (Å²) in [5.41, 5.74) is -0.215. The zero-order valence-electron chi connectivity index (χ0n) is 9.91. The summed E-state index contributed by atoms with van der Waals surface area (Å²) in [5, 5.41) is 1.97. The molecule has 3 nitrogen and oxygen atoms in total. The molecular weight excluding hydrogens is 290 g/mol. The normalized spacial score (nSPS) is 11.3. The number of ether oxygens (including phenoxy) is 1. The maximum absolute atomic E-state index is 11.7. The summed E-state index contributed by atoms with van der Waals surface area (Å²) in [6.07, 6.45) is -0.294. The van der Waals surface area contributed by atoms with Crippen LogP contribution in [0.25, 0.3) is 0 Å². The minimum Gasteiger partial charge on any atom is -0.444 e. The van der Waals surface area contributed by atoms with Crippen molar-refractivity contribution in [3.63, 3.8) is 0 Å². The van der Waals surface area contributed by atoms with Gasteiger partial charge in [0.25, 0.3) is 0 Å². The third kappa shape index (κ3) is 3.79. The fraction of sp³-hybridized carbons (Fsp3) is 0.545. The van der Waals surface area contributed by atoms with Gasteiger partial charge in [0, 0.05) is 27.3 Å². The van der Waals surface area contributed by atoms with E-state index in [-0.39, 0.29) is 11.6 Å². The van der Waals surface area contributed by atoms with Crippen LogP contribution in [0.5, 0.6) is 0 Å². The summed E-state index contributed by atoms with van der Waals surface area (Å²) in [6.45, 7) is 6.23. The molecule has 0 saturated carbocycles. The van der Waals surface area contributed by atoms with Gasteiger partial charge in [-0.3, -0.25) is 0 Å². The lowest BCUT2D eigenvalue weighted by atomic mass is 10.1. The number of carbonyl (C=O) groups excluding carboxylic acids is 1. The van der Waals surface area contributed by atoms with Crippen LogP contribution < -0.4 is 0 Å². The van der Waals surface area contributed by atoms with Gasteiger partial charge < -0.3 is 9.64 Å². The minimum atomic E-state index is -0.294. The fourth-order valence-corrected chi connectivity index (χ4v) is 2.30. The van der Waals surface area contributed by atoms with Crippen LogP contribution in [-0.2, 0) is 11.3 Å². The van der Waals surface area contributed by atoms with Gasteiger partial charge >= 0.3 is 6.09 Å². The molecule has 1 aromatic heterocycles. The first-order chi connectivity index (χ1) is 7.30. The molecule has 1 rings (SSSR count). The van der Waals surface area contributed by atoms with Gasteiger partial charge in [0.1, 0.15) is 6.61 Å². The molecule has 1 aromatic rings. The summed E-state index contributed by atoms with van der Waals surface area (Å²) in [5.74, 6) is 0. The number of rotatable bonds is 2. The highest BCUT2D eigenvalue weighted by Gasteiger charge is 2.23. The second-order valence-corrected chi connectivity index (χ2v) is 6.43. The van der Waals surface area contributed by atoms with Crippen molar-refractivity contribution >= 4 is 33.4 Å². The van der Waals surface area contributed by atoms with Gasteiger partial charge in [-0.25, -0.2) is 4.79 Å². The third-order valence-corrected chi connectivity index (χ3v) is 3.91. The predicted molar refractivity (Wildman–Crippen MR) is 69.7 cm³/mol. The monoisotopic (exact) mass is 305 g/mol. The van der Waals surface area contributed by atoms with Crippen LogP contribution in [0, 0.1) is 0 Å². The number of amides is 1. The Morgan fingerprint density at radius 1 is 1.56 bits per heavy atom. The van der Waals surface area contributed by atoms with Gasteiger partial charge in [0.15, 0.2) is 0 Å². The van der Waals surface area contributed by atoms with Crippen molar-refractivity contribution in [3.8, 4) is 0 Å². The van der Waals surface area contributed by atoms with Gasteiger partial charge in [-0.2, -0.15) is 0 Å². The third-order valence-electron chi connectivity index (χ3n) is 2.24. The highest BCUT2D eigenvalue weighted by molar-refractivity contribution is 9.10. The van der Waals surface area contributed by atoms with Gasteiger partial charge in [-0.1, -0.05) is 0 Å². The average molecular weight is 306 g/mol. The van der Waals surface area contributed by atoms with Crippen LogP contribution in [-0.4, -0.2) is 23.6 Å². The molecule has 0 saturated heterocycles. The van der Waals surface area contributed by atoms with Crippen molar-refractivity contribution in [1.29, 1.82) is 0 Å². The highest BCUT2D eigenvalue weighted by atomic mass is 79.9. The van der Waals surface area contributed by atoms with Crippen LogP contribution in [0.3, 0.4) is 0 Å². The van der Waals surface area contributed by atoms with E-state index in [1.807, 2.05) is 32.2 Å². The van der Waals surface area contributed by atoms with Gasteiger partial charge in [0.05, 0.1) is 0 Å². The molecule has 0 atom stereocenters. The molecule has 90 valence electrons. The molecule has 0 radical (unpaired) electrons. The van der Waals surface area contributed by atoms with Crippen molar-refractivity contribution in [3.05, 3.63) is 20.8 Å². The largest absolute Gasteiger partial charge is 0.444 e. The molecular formula is C11H16BrNO2S. The summed E-state index contributed by atoms with van der Waals surface area (Å²) < 4.78 is 6.23. The zero-order chi connectivity index (χ0) is 12.3. The molecule has 0 bridgehead atoms. The summed E-state index contributed by atoms with van der Waals surface area (Å²) in [6, 6.07) is 1.95. The number of carbonyl (C=O) groups is 1. The summed E-state index contributed by atoms with van der Waals surface area (Å²) >= 11 is 4.93. The van der Waals surface area contributed by atoms with Gasteiger partial charge in [0.2, 0.25) is 0 Å². The maximum Gasteiger partial charge on any atom is 0.410 e. The van der Waals surface area contributed by atoms with E-state index in [9.17, 15) is 4.79 Å². The highest BCUT2D eigenvalue weighted by Crippen LogP contribution is 2.21. The molecule has 0 aliphatic heterocycles. The first-order valence-electron chi connectivity index (χ1n) is 4.94. The van der Waals surface area contributed by atoms with E-state index in [0.29, 0.717) is 6.61 Å². The van der Waals surface area contributed by atoms with E-state index in [2.05, 4.69) is 15.9 Å². The molecule has 5 heteroatoms. The minimum absolute atomic E-state index is 0.215. The summed E-state index contributed by atoms with van der Waals surface area (Å²) in [4.78, 5) is 14.3. The number of hydrogen-bond acceptors (Lipinski definition) is 3. The lowest BCUT2D eigenvalue weighted by Crippen LogP contribution is -2.42. The topological polar surface area (TPSA) is 29.5 Å². The van der Waals surface area contributed by atoms with Crippen LogP contribution in [0.4, 0.5) is 4.79 Å². The van der Waals surface area contributed by atoms with Crippen molar-refractivity contribution in [1.82, 2.24) is 4.90 Å². The Labute approximate surface area is 109 Å². The smallest absolute Gasteiger partial charge is 0.410 e. The Kier molecular flexibility index (Phi) is 4.38. The molecule has 1 heterocycles. The Hall–Kier alpha value is -0.550. The van der Waals surface area contributed by atoms with Crippen molar-refractivity contribution in [2.24, 2.45) is 0 Å². The molecule has 0 fully saturated rings. The quantitative estimate of drug-likeness (QED) is 0.830. The summed E-state index contributed by atoms with van der Waals surface area (Å²) in [7, 11) is 1.74. The second kappa shape index (κ2) is 5.19. The Morgan fingerprint density at radius 3 is 2.62 bits per heavy atom. The number of hydrogen-bond donors (Lipinski definition) is 0. The molecule has 0 aliphatic rings. The van der Waals surface area contributed by atoms with Gasteiger partial charge in [-0.05, 0) is 42.8 Å². The number of thiophene rings is 1. The molecule has 0 aliphatic carbocycles. The number of nitrogens with zero attached hydrogens (tertiary/aromatic N) is 1. The van der Waals surface area contributed by atoms with Crippen LogP contribution in [0.2, 0.25) is 0 Å². The van der Waals surface area contributed by atoms with Crippen molar-refractivity contribution < 1.29 is 9.53 Å². The molecule has 0 spiro atoms. The maximum atomic E-state index is 11.7. The van der Waals surface area contributed by atoms with E-state index >= 15 is 0 Å². The van der Waals surface area contributed by atoms with Gasteiger partial charge in [-0.15, -0.1) is 11.3 Å². The molecule has 1 amide bonds. The Balaban J connectivity index is 2.47. The first-order valence-corrected chi connectivity index (χ1v) is 6.61. The van der Waals surface area contributed by atoms with E-state index in [4.69, 9.17) is 4.74 Å². The average Bonchev–Trinajstić information content (AvgIpc) is 2.58. The van der Waals surface area contributed by atoms with Crippen LogP contribution in [0.1, 0.15) is 25.6 Å². The molecule has 0 aromatic carbocycles. The lowest BCUT2D eigenvalue weighted by molar-refractivity contribution is 0.0766. The first kappa shape index (κ1) is 13.5. The molecule has 0 unspecified atom stereocenters. The van der Waals surface area contributed by atoms with Crippen molar-refractivity contribution in [2.45, 2.75) is 32.9 Å². The SMILES string of the molecule is CN(C(=O)OCc1cc(Br)cs1)C(C)(C)C. The standard InChI is InChI=1S/C11H16BrNO2S/c1-11(2,3)13(4)10(14)15-6-9-5-8(12)7-16-9/h5,7H,6H2,1-4H3. The van der Waals surface area contributed by atoms with Crippen LogP contribution in [0.15, 0.2) is 15.9 Å². The predicted octanol–water partition coefficient (Wildman–Crippen LogP) is 3.88. The zero-order valence-corrected chi connectivity index (χ0v) is 12.3. The van der Waals surface area contributed by atoms with E-state index in [0.717, 1.165) is 9.35 Å².